The van der Waals surface area contributed by atoms with Gasteiger partial charge in [-0.2, -0.15) is 0 Å². The molecule has 0 aliphatic rings. The normalized spacial score (nSPS) is 10.6. The van der Waals surface area contributed by atoms with E-state index in [1.54, 1.807) is 56.3 Å². The number of hydrogen-bond acceptors (Lipinski definition) is 5. The zero-order valence-electron chi connectivity index (χ0n) is 17.7. The lowest BCUT2D eigenvalue weighted by Gasteiger charge is -2.10. The molecule has 0 saturated heterocycles. The van der Waals surface area contributed by atoms with Gasteiger partial charge in [0.15, 0.2) is 11.5 Å². The van der Waals surface area contributed by atoms with Gasteiger partial charge in [-0.15, -0.1) is 0 Å². The van der Waals surface area contributed by atoms with Gasteiger partial charge in [-0.1, -0.05) is 44.2 Å². The molecule has 6 heteroatoms. The van der Waals surface area contributed by atoms with Crippen molar-refractivity contribution >= 4 is 11.9 Å². The number of carbonyl (C=O) groups excluding carboxylic acids is 2. The Morgan fingerprint density at radius 3 is 2.39 bits per heavy atom. The first kappa shape index (κ1) is 21.9. The molecule has 0 fully saturated rings. The Morgan fingerprint density at radius 1 is 0.968 bits per heavy atom. The molecule has 31 heavy (non-hydrogen) atoms. The predicted molar refractivity (Wildman–Crippen MR) is 118 cm³/mol. The molecular formula is C25H25NO5. The van der Waals surface area contributed by atoms with E-state index < -0.39 is 0 Å². The van der Waals surface area contributed by atoms with Gasteiger partial charge in [0.05, 0.1) is 13.0 Å². The van der Waals surface area contributed by atoms with E-state index in [1.165, 1.54) is 13.2 Å². The quantitative estimate of drug-likeness (QED) is 0.433. The molecule has 0 atom stereocenters. The molecule has 0 aromatic heterocycles. The molecule has 1 amide bonds. The summed E-state index contributed by atoms with van der Waals surface area (Å²) in [5.41, 5.74) is 2.99. The number of nitrogens with one attached hydrogen (secondary N) is 1. The maximum Gasteiger partial charge on any atom is 0.313 e. The van der Waals surface area contributed by atoms with Gasteiger partial charge in [0.1, 0.15) is 5.75 Å². The first-order valence-corrected chi connectivity index (χ1v) is 9.93. The number of methoxy groups -OCH3 is 1. The molecule has 3 rings (SSSR count). The molecule has 0 spiro atoms. The third kappa shape index (κ3) is 5.63. The van der Waals surface area contributed by atoms with E-state index in [0.29, 0.717) is 23.6 Å². The van der Waals surface area contributed by atoms with Crippen molar-refractivity contribution in [3.8, 4) is 28.4 Å². The molecule has 2 N–H and O–H groups in total. The maximum absolute atomic E-state index is 12.6. The number of benzene rings is 3. The van der Waals surface area contributed by atoms with Crippen LogP contribution in [0.15, 0.2) is 66.7 Å². The molecule has 0 aliphatic carbocycles. The second-order valence-electron chi connectivity index (χ2n) is 7.37. The second kappa shape index (κ2) is 9.80. The smallest absolute Gasteiger partial charge is 0.313 e. The van der Waals surface area contributed by atoms with Crippen molar-refractivity contribution in [1.29, 1.82) is 0 Å². The van der Waals surface area contributed by atoms with Crippen molar-refractivity contribution in [3.05, 3.63) is 77.9 Å². The molecule has 0 saturated carbocycles. The number of hydrogen-bond donors (Lipinski definition) is 2. The highest BCUT2D eigenvalue weighted by Crippen LogP contribution is 2.27. The van der Waals surface area contributed by atoms with Crippen molar-refractivity contribution in [3.63, 3.8) is 0 Å². The van der Waals surface area contributed by atoms with Crippen LogP contribution in [0.2, 0.25) is 0 Å². The molecule has 6 nitrogen and oxygen atoms in total. The predicted octanol–water partition coefficient (Wildman–Crippen LogP) is 4.56. The average Bonchev–Trinajstić information content (AvgIpc) is 2.78. The van der Waals surface area contributed by atoms with Gasteiger partial charge in [0, 0.05) is 12.1 Å². The Hall–Kier alpha value is -3.80. The monoisotopic (exact) mass is 419 g/mol. The van der Waals surface area contributed by atoms with Crippen LogP contribution < -0.4 is 14.8 Å². The van der Waals surface area contributed by atoms with Gasteiger partial charge < -0.3 is 19.9 Å². The van der Waals surface area contributed by atoms with Crippen molar-refractivity contribution in [2.45, 2.75) is 20.4 Å². The molecule has 0 radical (unpaired) electrons. The molecule has 3 aromatic rings. The molecular weight excluding hydrogens is 394 g/mol. The molecule has 0 bridgehead atoms. The van der Waals surface area contributed by atoms with Crippen LogP contribution in [-0.2, 0) is 11.3 Å². The number of carbonyl (C=O) groups is 2. The number of ether oxygens (including phenoxy) is 2. The number of esters is 1. The molecule has 3 aromatic carbocycles. The van der Waals surface area contributed by atoms with Crippen molar-refractivity contribution < 1.29 is 24.2 Å². The third-order valence-electron chi connectivity index (χ3n) is 4.68. The maximum atomic E-state index is 12.6. The van der Waals surface area contributed by atoms with Crippen LogP contribution >= 0.6 is 0 Å². The Kier molecular flexibility index (Phi) is 6.92. The molecule has 0 aliphatic heterocycles. The topological polar surface area (TPSA) is 84.9 Å². The van der Waals surface area contributed by atoms with E-state index in [4.69, 9.17) is 9.47 Å². The van der Waals surface area contributed by atoms with Crippen molar-refractivity contribution in [2.75, 3.05) is 7.11 Å². The summed E-state index contributed by atoms with van der Waals surface area (Å²) in [6.07, 6.45) is 0. The Balaban J connectivity index is 1.72. The fourth-order valence-electron chi connectivity index (χ4n) is 2.93. The van der Waals surface area contributed by atoms with Gasteiger partial charge >= 0.3 is 5.97 Å². The summed E-state index contributed by atoms with van der Waals surface area (Å²) < 4.78 is 10.5. The molecule has 0 unspecified atom stereocenters. The lowest BCUT2D eigenvalue weighted by Crippen LogP contribution is -2.22. The third-order valence-corrected chi connectivity index (χ3v) is 4.68. The van der Waals surface area contributed by atoms with Crippen LogP contribution in [0.1, 0.15) is 29.8 Å². The first-order valence-electron chi connectivity index (χ1n) is 9.93. The van der Waals surface area contributed by atoms with Crippen LogP contribution in [0.5, 0.6) is 17.2 Å². The first-order chi connectivity index (χ1) is 14.9. The van der Waals surface area contributed by atoms with Crippen LogP contribution in [0.25, 0.3) is 11.1 Å². The highest BCUT2D eigenvalue weighted by atomic mass is 16.5. The van der Waals surface area contributed by atoms with Crippen LogP contribution in [0.3, 0.4) is 0 Å². The lowest BCUT2D eigenvalue weighted by atomic mass is 10.0. The van der Waals surface area contributed by atoms with E-state index in [9.17, 15) is 14.7 Å². The summed E-state index contributed by atoms with van der Waals surface area (Å²) in [7, 11) is 1.47. The van der Waals surface area contributed by atoms with Crippen molar-refractivity contribution in [2.24, 2.45) is 5.92 Å². The number of amides is 1. The Bertz CT molecular complexity index is 1090. The second-order valence-corrected chi connectivity index (χ2v) is 7.37. The molecule has 0 heterocycles. The van der Waals surface area contributed by atoms with E-state index in [-0.39, 0.29) is 23.5 Å². The van der Waals surface area contributed by atoms with E-state index in [0.717, 1.165) is 16.7 Å². The highest BCUT2D eigenvalue weighted by Gasteiger charge is 2.12. The van der Waals surface area contributed by atoms with Crippen LogP contribution in [-0.4, -0.2) is 24.1 Å². The summed E-state index contributed by atoms with van der Waals surface area (Å²) in [5.74, 6) is 0.127. The van der Waals surface area contributed by atoms with E-state index >= 15 is 0 Å². The fourth-order valence-corrected chi connectivity index (χ4v) is 2.93. The summed E-state index contributed by atoms with van der Waals surface area (Å²) in [4.78, 5) is 24.5. The summed E-state index contributed by atoms with van der Waals surface area (Å²) >= 11 is 0. The van der Waals surface area contributed by atoms with E-state index in [1.807, 2.05) is 18.2 Å². The Labute approximate surface area is 181 Å². The standard InChI is InChI=1S/C25H25NO5/c1-16(2)25(29)31-21-9-5-7-19(14-21)18-6-4-8-20(13-18)24(28)26-15-17-10-11-22(27)23(12-17)30-3/h4-14,16,27H,15H2,1-3H3,(H,26,28). The number of phenols is 1. The van der Waals surface area contributed by atoms with Gasteiger partial charge in [0.2, 0.25) is 0 Å². The SMILES string of the molecule is COc1cc(CNC(=O)c2cccc(-c3cccc(OC(=O)C(C)C)c3)c2)ccc1O. The number of rotatable bonds is 7. The van der Waals surface area contributed by atoms with Crippen molar-refractivity contribution in [1.82, 2.24) is 5.32 Å². The minimum atomic E-state index is -0.295. The highest BCUT2D eigenvalue weighted by molar-refractivity contribution is 5.95. The minimum absolute atomic E-state index is 0.0478. The zero-order valence-corrected chi connectivity index (χ0v) is 17.7. The molecule has 160 valence electrons. The van der Waals surface area contributed by atoms with Gasteiger partial charge in [-0.25, -0.2) is 0 Å². The average molecular weight is 419 g/mol. The van der Waals surface area contributed by atoms with Gasteiger partial charge in [0.25, 0.3) is 5.91 Å². The number of aromatic hydroxyl groups is 1. The summed E-state index contributed by atoms with van der Waals surface area (Å²) in [6.45, 7) is 3.85. The Morgan fingerprint density at radius 2 is 1.68 bits per heavy atom. The fraction of sp³-hybridized carbons (Fsp3) is 0.200. The largest absolute Gasteiger partial charge is 0.504 e. The lowest BCUT2D eigenvalue weighted by molar-refractivity contribution is -0.137. The van der Waals surface area contributed by atoms with Gasteiger partial charge in [-0.05, 0) is 53.1 Å². The number of phenolic OH excluding ortho intramolecular Hbond substituents is 1. The zero-order chi connectivity index (χ0) is 22.4. The van der Waals surface area contributed by atoms with Crippen LogP contribution in [0.4, 0.5) is 0 Å². The summed E-state index contributed by atoms with van der Waals surface area (Å²) in [5, 5.41) is 12.6. The minimum Gasteiger partial charge on any atom is -0.504 e. The van der Waals surface area contributed by atoms with E-state index in [2.05, 4.69) is 5.32 Å². The summed E-state index contributed by atoms with van der Waals surface area (Å²) in [6, 6.07) is 19.4. The van der Waals surface area contributed by atoms with Crippen LogP contribution in [0, 0.1) is 5.92 Å². The van der Waals surface area contributed by atoms with Gasteiger partial charge in [-0.3, -0.25) is 9.59 Å².